The van der Waals surface area contributed by atoms with E-state index in [1.54, 1.807) is 23.2 Å². The number of aromatic nitrogens is 3. The summed E-state index contributed by atoms with van der Waals surface area (Å²) in [6, 6.07) is 5.85. The zero-order valence-corrected chi connectivity index (χ0v) is 18.2. The number of rotatable bonds is 5. The highest BCUT2D eigenvalue weighted by Crippen LogP contribution is 2.20. The third-order valence-corrected chi connectivity index (χ3v) is 6.41. The van der Waals surface area contributed by atoms with Gasteiger partial charge in [-0.05, 0) is 60.6 Å². The average Bonchev–Trinajstić information content (AvgIpc) is 2.85. The standard InChI is InChI=1S/C25H27N3O4/c1-31-25(30)22-7-6-16(14-26-22)12-17-13-21-23(20-5-3-2-4-19(17)20)27-15-28(24(21)29)18-8-10-32-11-9-18/h4-7,13-15,18,25,30H,2-3,8-12H2,1H3. The van der Waals surface area contributed by atoms with Gasteiger partial charge in [-0.25, -0.2) is 4.98 Å². The molecule has 3 heterocycles. The number of methoxy groups -OCH3 is 1. The van der Waals surface area contributed by atoms with Crippen LogP contribution in [0.1, 0.15) is 54.8 Å². The summed E-state index contributed by atoms with van der Waals surface area (Å²) in [6.45, 7) is 1.35. The van der Waals surface area contributed by atoms with Gasteiger partial charge < -0.3 is 14.6 Å². The summed E-state index contributed by atoms with van der Waals surface area (Å²) in [5.74, 6) is 0. The summed E-state index contributed by atoms with van der Waals surface area (Å²) in [7, 11) is 1.44. The molecular formula is C25H27N3O4. The molecule has 0 spiro atoms. The zero-order chi connectivity index (χ0) is 22.1. The van der Waals surface area contributed by atoms with Crippen molar-refractivity contribution in [3.63, 3.8) is 0 Å². The van der Waals surface area contributed by atoms with Crippen LogP contribution in [0.25, 0.3) is 23.1 Å². The number of ether oxygens (including phenoxy) is 2. The molecular weight excluding hydrogens is 406 g/mol. The van der Waals surface area contributed by atoms with E-state index in [9.17, 15) is 9.90 Å². The molecule has 3 aromatic rings. The number of benzene rings is 1. The van der Waals surface area contributed by atoms with Crippen molar-refractivity contribution in [2.24, 2.45) is 0 Å². The lowest BCUT2D eigenvalue weighted by Gasteiger charge is -2.24. The van der Waals surface area contributed by atoms with Crippen LogP contribution >= 0.6 is 0 Å². The van der Waals surface area contributed by atoms with Crippen LogP contribution in [0.4, 0.5) is 0 Å². The van der Waals surface area contributed by atoms with Crippen LogP contribution in [0, 0.1) is 0 Å². The lowest BCUT2D eigenvalue weighted by atomic mass is 9.96. The third-order valence-electron chi connectivity index (χ3n) is 6.41. The van der Waals surface area contributed by atoms with Crippen molar-refractivity contribution in [1.82, 2.24) is 14.5 Å². The monoisotopic (exact) mass is 433 g/mol. The molecule has 1 saturated heterocycles. The summed E-state index contributed by atoms with van der Waals surface area (Å²) in [6.07, 6.45) is 11.1. The molecule has 0 amide bonds. The lowest BCUT2D eigenvalue weighted by Crippen LogP contribution is -2.36. The molecule has 7 heteroatoms. The molecule has 1 aromatic carbocycles. The Hall–Kier alpha value is -2.87. The van der Waals surface area contributed by atoms with Gasteiger partial charge in [-0.15, -0.1) is 0 Å². The van der Waals surface area contributed by atoms with E-state index < -0.39 is 6.29 Å². The Balaban J connectivity index is 1.61. The maximum atomic E-state index is 13.5. The Morgan fingerprint density at radius 2 is 1.97 bits per heavy atom. The molecule has 1 aliphatic heterocycles. The highest BCUT2D eigenvalue weighted by molar-refractivity contribution is 5.80. The van der Waals surface area contributed by atoms with E-state index >= 15 is 0 Å². The van der Waals surface area contributed by atoms with Gasteiger partial charge in [0, 0.05) is 37.8 Å². The largest absolute Gasteiger partial charge is 0.381 e. The van der Waals surface area contributed by atoms with Crippen molar-refractivity contribution in [2.45, 2.75) is 44.4 Å². The van der Waals surface area contributed by atoms with E-state index in [1.165, 1.54) is 7.11 Å². The minimum atomic E-state index is -1.03. The van der Waals surface area contributed by atoms with Crippen molar-refractivity contribution in [3.8, 4) is 0 Å². The molecule has 2 aromatic heterocycles. The molecule has 0 saturated carbocycles. The fraction of sp³-hybridized carbons (Fsp3) is 0.400. The zero-order valence-electron chi connectivity index (χ0n) is 18.2. The fourth-order valence-electron chi connectivity index (χ4n) is 4.68. The Labute approximate surface area is 185 Å². The average molecular weight is 434 g/mol. The molecule has 0 bridgehead atoms. The number of hydrogen-bond donors (Lipinski definition) is 1. The molecule has 2 aliphatic rings. The predicted molar refractivity (Wildman–Crippen MR) is 122 cm³/mol. The number of pyridine rings is 1. The van der Waals surface area contributed by atoms with Crippen molar-refractivity contribution in [3.05, 3.63) is 68.3 Å². The molecule has 0 radical (unpaired) electrons. The van der Waals surface area contributed by atoms with Gasteiger partial charge in [0.15, 0.2) is 6.29 Å². The van der Waals surface area contributed by atoms with Crippen molar-refractivity contribution >= 4 is 23.1 Å². The van der Waals surface area contributed by atoms with Crippen molar-refractivity contribution < 1.29 is 14.6 Å². The summed E-state index contributed by atoms with van der Waals surface area (Å²) in [5, 5.41) is 12.7. The van der Waals surface area contributed by atoms with E-state index in [2.05, 4.69) is 17.1 Å². The van der Waals surface area contributed by atoms with Gasteiger partial charge >= 0.3 is 0 Å². The second kappa shape index (κ2) is 8.94. The highest BCUT2D eigenvalue weighted by atomic mass is 16.6. The number of hydrogen-bond acceptors (Lipinski definition) is 6. The minimum absolute atomic E-state index is 0.0154. The molecule has 32 heavy (non-hydrogen) atoms. The van der Waals surface area contributed by atoms with Gasteiger partial charge in [-0.2, -0.15) is 0 Å². The molecule has 1 unspecified atom stereocenters. The fourth-order valence-corrected chi connectivity index (χ4v) is 4.68. The highest BCUT2D eigenvalue weighted by Gasteiger charge is 2.19. The molecule has 7 nitrogen and oxygen atoms in total. The smallest absolute Gasteiger partial charge is 0.261 e. The third kappa shape index (κ3) is 3.88. The van der Waals surface area contributed by atoms with Crippen molar-refractivity contribution in [1.29, 1.82) is 0 Å². The Kier molecular flexibility index (Phi) is 5.87. The van der Waals surface area contributed by atoms with E-state index in [0.717, 1.165) is 52.8 Å². The molecule has 1 aliphatic carbocycles. The molecule has 1 fully saturated rings. The molecule has 166 valence electrons. The topological polar surface area (TPSA) is 86.5 Å². The first-order valence-electron chi connectivity index (χ1n) is 11.1. The van der Waals surface area contributed by atoms with Gasteiger partial charge in [-0.3, -0.25) is 14.3 Å². The lowest BCUT2D eigenvalue weighted by molar-refractivity contribution is -0.0798. The van der Waals surface area contributed by atoms with Crippen LogP contribution in [-0.4, -0.2) is 40.0 Å². The maximum absolute atomic E-state index is 13.5. The maximum Gasteiger partial charge on any atom is 0.261 e. The SMILES string of the molecule is COC(O)c1ccc(Cc2cc3c(=O)n(C4CCOCC4)cnc3c3c2=CCCC=3)cn1. The van der Waals surface area contributed by atoms with Crippen LogP contribution in [0.5, 0.6) is 0 Å². The molecule has 1 N–H and O–H groups in total. The van der Waals surface area contributed by atoms with Gasteiger partial charge in [0.05, 0.1) is 22.9 Å². The van der Waals surface area contributed by atoms with Crippen LogP contribution in [0.2, 0.25) is 0 Å². The summed E-state index contributed by atoms with van der Waals surface area (Å²) < 4.78 is 12.2. The van der Waals surface area contributed by atoms with Crippen LogP contribution in [0.3, 0.4) is 0 Å². The quantitative estimate of drug-likeness (QED) is 0.617. The number of fused-ring (bicyclic) bond motifs is 3. The first-order valence-corrected chi connectivity index (χ1v) is 11.1. The first kappa shape index (κ1) is 21.0. The second-order valence-electron chi connectivity index (χ2n) is 8.40. The number of aliphatic hydroxyl groups excluding tert-OH is 1. The predicted octanol–water partition coefficient (Wildman–Crippen LogP) is 1.73. The first-order chi connectivity index (χ1) is 15.7. The van der Waals surface area contributed by atoms with Crippen LogP contribution in [-0.2, 0) is 15.9 Å². The number of nitrogens with zero attached hydrogens (tertiary/aromatic N) is 3. The van der Waals surface area contributed by atoms with Gasteiger partial charge in [0.25, 0.3) is 5.56 Å². The second-order valence-corrected chi connectivity index (χ2v) is 8.40. The van der Waals surface area contributed by atoms with E-state index in [1.807, 2.05) is 12.1 Å². The van der Waals surface area contributed by atoms with Gasteiger partial charge in [-0.1, -0.05) is 18.2 Å². The normalized spacial score (nSPS) is 17.4. The summed E-state index contributed by atoms with van der Waals surface area (Å²) >= 11 is 0. The van der Waals surface area contributed by atoms with Crippen LogP contribution in [0.15, 0.2) is 35.5 Å². The van der Waals surface area contributed by atoms with E-state index in [-0.39, 0.29) is 11.6 Å². The van der Waals surface area contributed by atoms with Gasteiger partial charge in [0.1, 0.15) is 0 Å². The molecule has 5 rings (SSSR count). The summed E-state index contributed by atoms with van der Waals surface area (Å²) in [5.41, 5.74) is 3.37. The summed E-state index contributed by atoms with van der Waals surface area (Å²) in [4.78, 5) is 22.5. The van der Waals surface area contributed by atoms with Crippen LogP contribution < -0.4 is 16.0 Å². The minimum Gasteiger partial charge on any atom is -0.381 e. The van der Waals surface area contributed by atoms with E-state index in [0.29, 0.717) is 30.7 Å². The Morgan fingerprint density at radius 1 is 1.19 bits per heavy atom. The Bertz CT molecular complexity index is 1310. The number of aliphatic hydroxyl groups is 1. The molecule has 1 atom stereocenters. The van der Waals surface area contributed by atoms with E-state index in [4.69, 9.17) is 14.5 Å². The van der Waals surface area contributed by atoms with Gasteiger partial charge in [0.2, 0.25) is 0 Å². The van der Waals surface area contributed by atoms with Crippen molar-refractivity contribution in [2.75, 3.05) is 20.3 Å². The Morgan fingerprint density at radius 3 is 2.69 bits per heavy atom.